The Kier molecular flexibility index (Phi) is 3.76. The fourth-order valence-electron chi connectivity index (χ4n) is 2.40. The van der Waals surface area contributed by atoms with Crippen molar-refractivity contribution in [1.82, 2.24) is 9.55 Å². The van der Waals surface area contributed by atoms with E-state index in [2.05, 4.69) is 27.9 Å². The molecule has 0 radical (unpaired) electrons. The highest BCUT2D eigenvalue weighted by Crippen LogP contribution is 2.24. The number of alkyl halides is 1. The second-order valence-electron chi connectivity index (χ2n) is 4.60. The highest BCUT2D eigenvalue weighted by Gasteiger charge is 2.13. The molecule has 1 aromatic carbocycles. The molecule has 0 aliphatic carbocycles. The zero-order chi connectivity index (χ0) is 14.1. The van der Waals surface area contributed by atoms with Crippen LogP contribution < -0.4 is 0 Å². The quantitative estimate of drug-likeness (QED) is 0.645. The van der Waals surface area contributed by atoms with Gasteiger partial charge in [-0.3, -0.25) is 0 Å². The molecule has 104 valence electrons. The summed E-state index contributed by atoms with van der Waals surface area (Å²) in [6.07, 6.45) is 1.01. The van der Waals surface area contributed by atoms with E-state index in [-0.39, 0.29) is 5.82 Å². The number of benzene rings is 1. The van der Waals surface area contributed by atoms with E-state index in [1.807, 2.05) is 0 Å². The van der Waals surface area contributed by atoms with Gasteiger partial charge in [-0.2, -0.15) is 0 Å². The zero-order valence-electron chi connectivity index (χ0n) is 11.1. The molecule has 2 nitrogen and oxygen atoms in total. The van der Waals surface area contributed by atoms with Crippen LogP contribution in [0, 0.1) is 5.82 Å². The Balaban J connectivity index is 2.10. The summed E-state index contributed by atoms with van der Waals surface area (Å²) < 4.78 is 15.4. The van der Waals surface area contributed by atoms with Crippen LogP contribution in [0.4, 0.5) is 4.39 Å². The first-order valence-corrected chi connectivity index (χ1v) is 7.90. The summed E-state index contributed by atoms with van der Waals surface area (Å²) in [5, 5.41) is 2.10. The first kappa shape index (κ1) is 13.6. The largest absolute Gasteiger partial charge is 0.322 e. The summed E-state index contributed by atoms with van der Waals surface area (Å²) in [4.78, 5) is 5.73. The van der Waals surface area contributed by atoms with Crippen molar-refractivity contribution in [2.24, 2.45) is 0 Å². The van der Waals surface area contributed by atoms with Gasteiger partial charge in [0.05, 0.1) is 23.5 Å². The van der Waals surface area contributed by atoms with Crippen molar-refractivity contribution in [3.05, 3.63) is 51.7 Å². The normalized spacial score (nSPS) is 11.3. The molecule has 0 bridgehead atoms. The lowest BCUT2D eigenvalue weighted by Crippen LogP contribution is -2.04. The summed E-state index contributed by atoms with van der Waals surface area (Å²) >= 11 is 7.72. The standard InChI is InChI=1S/C15H14ClFN2S/c1-2-10-5-6-20-14(10)9-19-13-4-3-11(17)7-12(13)18-15(19)8-16/h3-7H,2,8-9H2,1H3. The van der Waals surface area contributed by atoms with E-state index in [0.29, 0.717) is 11.4 Å². The maximum Gasteiger partial charge on any atom is 0.125 e. The number of fused-ring (bicyclic) bond motifs is 1. The van der Waals surface area contributed by atoms with Crippen LogP contribution in [-0.4, -0.2) is 9.55 Å². The lowest BCUT2D eigenvalue weighted by molar-refractivity contribution is 0.629. The van der Waals surface area contributed by atoms with Gasteiger partial charge in [-0.15, -0.1) is 22.9 Å². The number of thiophene rings is 1. The predicted molar refractivity (Wildman–Crippen MR) is 82.0 cm³/mol. The van der Waals surface area contributed by atoms with E-state index in [9.17, 15) is 4.39 Å². The van der Waals surface area contributed by atoms with Crippen molar-refractivity contribution < 1.29 is 4.39 Å². The van der Waals surface area contributed by atoms with Crippen LogP contribution in [0.5, 0.6) is 0 Å². The van der Waals surface area contributed by atoms with E-state index in [4.69, 9.17) is 11.6 Å². The monoisotopic (exact) mass is 308 g/mol. The van der Waals surface area contributed by atoms with Crippen LogP contribution in [0.1, 0.15) is 23.2 Å². The topological polar surface area (TPSA) is 17.8 Å². The number of hydrogen-bond donors (Lipinski definition) is 0. The molecule has 0 atom stereocenters. The average Bonchev–Trinajstić information content (AvgIpc) is 3.03. The van der Waals surface area contributed by atoms with Crippen LogP contribution in [0.3, 0.4) is 0 Å². The minimum absolute atomic E-state index is 0.270. The second-order valence-corrected chi connectivity index (χ2v) is 5.87. The zero-order valence-corrected chi connectivity index (χ0v) is 12.6. The Morgan fingerprint density at radius 1 is 1.35 bits per heavy atom. The minimum atomic E-state index is -0.270. The highest BCUT2D eigenvalue weighted by molar-refractivity contribution is 7.10. The molecule has 0 unspecified atom stereocenters. The van der Waals surface area contributed by atoms with Gasteiger partial charge in [-0.1, -0.05) is 6.92 Å². The molecule has 3 aromatic rings. The smallest absolute Gasteiger partial charge is 0.125 e. The second kappa shape index (κ2) is 5.54. The van der Waals surface area contributed by atoms with Gasteiger partial charge < -0.3 is 4.57 Å². The molecular formula is C15H14ClFN2S. The Labute approximate surface area is 125 Å². The van der Waals surface area contributed by atoms with E-state index in [0.717, 1.165) is 24.3 Å². The molecule has 3 rings (SSSR count). The SMILES string of the molecule is CCc1ccsc1Cn1c(CCl)nc2cc(F)ccc21. The van der Waals surface area contributed by atoms with Gasteiger partial charge in [-0.05, 0) is 35.6 Å². The Morgan fingerprint density at radius 2 is 2.20 bits per heavy atom. The van der Waals surface area contributed by atoms with E-state index in [1.165, 1.54) is 22.6 Å². The third kappa shape index (κ3) is 2.34. The van der Waals surface area contributed by atoms with Crippen LogP contribution in [0.25, 0.3) is 11.0 Å². The van der Waals surface area contributed by atoms with Crippen molar-refractivity contribution in [3.8, 4) is 0 Å². The molecule has 5 heteroatoms. The van der Waals surface area contributed by atoms with Gasteiger partial charge in [0, 0.05) is 10.9 Å². The van der Waals surface area contributed by atoms with Crippen LogP contribution >= 0.6 is 22.9 Å². The van der Waals surface area contributed by atoms with Crippen molar-refractivity contribution in [2.75, 3.05) is 0 Å². The predicted octanol–water partition coefficient (Wildman–Crippen LogP) is 4.59. The Morgan fingerprint density at radius 3 is 2.95 bits per heavy atom. The fraction of sp³-hybridized carbons (Fsp3) is 0.267. The molecule has 0 aliphatic heterocycles. The number of aryl methyl sites for hydroxylation is 1. The summed E-state index contributed by atoms with van der Waals surface area (Å²) in [6.45, 7) is 2.89. The number of imidazole rings is 1. The third-order valence-corrected chi connectivity index (χ3v) is 4.62. The molecule has 0 fully saturated rings. The summed E-state index contributed by atoms with van der Waals surface area (Å²) in [5.41, 5.74) is 2.94. The summed E-state index contributed by atoms with van der Waals surface area (Å²) in [6, 6.07) is 6.84. The maximum atomic E-state index is 13.3. The molecular weight excluding hydrogens is 295 g/mol. The van der Waals surface area contributed by atoms with Gasteiger partial charge >= 0.3 is 0 Å². The molecule has 20 heavy (non-hydrogen) atoms. The fourth-order valence-corrected chi connectivity index (χ4v) is 3.56. The Hall–Kier alpha value is -1.39. The number of halogens is 2. The number of aromatic nitrogens is 2. The lowest BCUT2D eigenvalue weighted by Gasteiger charge is -2.08. The molecule has 0 saturated carbocycles. The number of rotatable bonds is 4. The minimum Gasteiger partial charge on any atom is -0.322 e. The highest BCUT2D eigenvalue weighted by atomic mass is 35.5. The molecule has 0 spiro atoms. The van der Waals surface area contributed by atoms with Crippen molar-refractivity contribution in [2.45, 2.75) is 25.8 Å². The number of nitrogens with zero attached hydrogens (tertiary/aromatic N) is 2. The molecule has 0 N–H and O–H groups in total. The molecule has 0 aliphatic rings. The van der Waals surface area contributed by atoms with Gasteiger partial charge in [0.15, 0.2) is 0 Å². The molecule has 0 saturated heterocycles. The van der Waals surface area contributed by atoms with Crippen molar-refractivity contribution >= 4 is 34.0 Å². The first-order chi connectivity index (χ1) is 9.72. The molecule has 2 heterocycles. The number of hydrogen-bond acceptors (Lipinski definition) is 2. The maximum absolute atomic E-state index is 13.3. The molecule has 0 amide bonds. The summed E-state index contributed by atoms with van der Waals surface area (Å²) in [5.74, 6) is 0.833. The van der Waals surface area contributed by atoms with Gasteiger partial charge in [0.1, 0.15) is 11.6 Å². The lowest BCUT2D eigenvalue weighted by atomic mass is 10.2. The van der Waals surface area contributed by atoms with E-state index in [1.54, 1.807) is 17.4 Å². The van der Waals surface area contributed by atoms with E-state index >= 15 is 0 Å². The summed E-state index contributed by atoms with van der Waals surface area (Å²) in [7, 11) is 0. The molecule has 2 aromatic heterocycles. The van der Waals surface area contributed by atoms with Gasteiger partial charge in [-0.25, -0.2) is 9.37 Å². The van der Waals surface area contributed by atoms with Crippen molar-refractivity contribution in [1.29, 1.82) is 0 Å². The van der Waals surface area contributed by atoms with E-state index < -0.39 is 0 Å². The van der Waals surface area contributed by atoms with Crippen LogP contribution in [0.15, 0.2) is 29.6 Å². The Bertz CT molecular complexity index is 747. The van der Waals surface area contributed by atoms with Gasteiger partial charge in [0.25, 0.3) is 0 Å². The van der Waals surface area contributed by atoms with Gasteiger partial charge in [0.2, 0.25) is 0 Å². The van der Waals surface area contributed by atoms with Crippen molar-refractivity contribution in [3.63, 3.8) is 0 Å². The van der Waals surface area contributed by atoms with Crippen LogP contribution in [0.2, 0.25) is 0 Å². The average molecular weight is 309 g/mol. The first-order valence-electron chi connectivity index (χ1n) is 6.48. The van der Waals surface area contributed by atoms with Crippen LogP contribution in [-0.2, 0) is 18.8 Å². The third-order valence-electron chi connectivity index (χ3n) is 3.43.